The maximum absolute atomic E-state index is 5.99. The van der Waals surface area contributed by atoms with Crippen LogP contribution in [0.2, 0.25) is 5.02 Å². The first-order valence-electron chi connectivity index (χ1n) is 8.16. The van der Waals surface area contributed by atoms with Crippen LogP contribution in [0.4, 0.5) is 5.69 Å². The van der Waals surface area contributed by atoms with E-state index in [0.29, 0.717) is 27.7 Å². The van der Waals surface area contributed by atoms with Crippen LogP contribution in [0.25, 0.3) is 5.57 Å². The van der Waals surface area contributed by atoms with Gasteiger partial charge in [-0.15, -0.1) is 0 Å². The molecule has 0 radical (unpaired) electrons. The molecule has 0 aliphatic carbocycles. The number of nitrogens with two attached hydrogens (primary N) is 1. The normalized spacial score (nSPS) is 11.1. The number of halogens is 1. The standard InChI is InChI=1S/C21H17ClN4S/c1-15(16-7-3-2-4-8-16)20(19-9-5-6-14-24-19)25-26(21(23)27)18-12-10-17(22)11-13-18/h2-14H,1H2,(H2,23,27). The van der Waals surface area contributed by atoms with E-state index in [1.807, 2.05) is 48.5 Å². The summed E-state index contributed by atoms with van der Waals surface area (Å²) in [5, 5.41) is 6.90. The zero-order valence-corrected chi connectivity index (χ0v) is 16.0. The van der Waals surface area contributed by atoms with E-state index in [0.717, 1.165) is 5.56 Å². The first-order valence-corrected chi connectivity index (χ1v) is 8.94. The topological polar surface area (TPSA) is 54.5 Å². The number of pyridine rings is 1. The van der Waals surface area contributed by atoms with Crippen LogP contribution in [0.15, 0.2) is 90.7 Å². The molecule has 0 aliphatic heterocycles. The Morgan fingerprint density at radius 1 is 1.00 bits per heavy atom. The summed E-state index contributed by atoms with van der Waals surface area (Å²) in [6.07, 6.45) is 1.70. The van der Waals surface area contributed by atoms with Gasteiger partial charge in [-0.05, 0) is 54.2 Å². The molecule has 3 aromatic rings. The summed E-state index contributed by atoms with van der Waals surface area (Å²) in [6.45, 7) is 4.22. The average Bonchev–Trinajstić information content (AvgIpc) is 2.70. The van der Waals surface area contributed by atoms with E-state index in [-0.39, 0.29) is 5.11 Å². The Bertz CT molecular complexity index is 970. The second-order valence-corrected chi connectivity index (χ2v) is 6.49. The minimum absolute atomic E-state index is 0.103. The quantitative estimate of drug-likeness (QED) is 0.381. The molecule has 134 valence electrons. The summed E-state index contributed by atoms with van der Waals surface area (Å²) in [5.41, 5.74) is 9.52. The smallest absolute Gasteiger partial charge is 0.191 e. The highest BCUT2D eigenvalue weighted by Gasteiger charge is 2.16. The molecular weight excluding hydrogens is 376 g/mol. The molecule has 0 bridgehead atoms. The molecule has 1 heterocycles. The van der Waals surface area contributed by atoms with E-state index >= 15 is 0 Å². The van der Waals surface area contributed by atoms with Gasteiger partial charge in [0.05, 0.1) is 11.4 Å². The number of rotatable bonds is 5. The zero-order chi connectivity index (χ0) is 19.2. The number of aromatic nitrogens is 1. The Morgan fingerprint density at radius 3 is 2.26 bits per heavy atom. The average molecular weight is 393 g/mol. The van der Waals surface area contributed by atoms with Crippen LogP contribution in [-0.2, 0) is 0 Å². The lowest BCUT2D eigenvalue weighted by molar-refractivity contribution is 1.12. The highest BCUT2D eigenvalue weighted by Crippen LogP contribution is 2.22. The van der Waals surface area contributed by atoms with E-state index in [9.17, 15) is 0 Å². The third-order valence-electron chi connectivity index (χ3n) is 3.80. The number of hydrogen-bond donors (Lipinski definition) is 1. The minimum Gasteiger partial charge on any atom is -0.374 e. The van der Waals surface area contributed by atoms with Crippen LogP contribution in [0.3, 0.4) is 0 Å². The molecule has 0 atom stereocenters. The fourth-order valence-corrected chi connectivity index (χ4v) is 2.73. The van der Waals surface area contributed by atoms with Crippen molar-refractivity contribution in [3.8, 4) is 0 Å². The Balaban J connectivity index is 2.11. The van der Waals surface area contributed by atoms with Crippen molar-refractivity contribution in [2.45, 2.75) is 0 Å². The van der Waals surface area contributed by atoms with E-state index < -0.39 is 0 Å². The van der Waals surface area contributed by atoms with Gasteiger partial charge in [0.1, 0.15) is 5.71 Å². The summed E-state index contributed by atoms with van der Waals surface area (Å²) in [4.78, 5) is 4.42. The van der Waals surface area contributed by atoms with Crippen molar-refractivity contribution in [1.82, 2.24) is 4.98 Å². The largest absolute Gasteiger partial charge is 0.374 e. The van der Waals surface area contributed by atoms with E-state index in [2.05, 4.69) is 11.6 Å². The third kappa shape index (κ3) is 4.58. The van der Waals surface area contributed by atoms with Crippen LogP contribution in [-0.4, -0.2) is 15.8 Å². The number of thiocarbonyl (C=S) groups is 1. The molecule has 1 aromatic heterocycles. The Kier molecular flexibility index (Phi) is 5.96. The number of hydrogen-bond acceptors (Lipinski definition) is 3. The number of hydrazone groups is 1. The second-order valence-electron chi connectivity index (χ2n) is 5.63. The molecule has 0 saturated carbocycles. The molecule has 0 aliphatic rings. The number of nitrogens with zero attached hydrogens (tertiary/aromatic N) is 3. The summed E-state index contributed by atoms with van der Waals surface area (Å²) >= 11 is 11.2. The van der Waals surface area contributed by atoms with Crippen LogP contribution in [0, 0.1) is 0 Å². The SMILES string of the molecule is C=C(C(=NN(C(N)=S)c1ccc(Cl)cc1)c1ccccn1)c1ccccc1. The molecule has 0 fully saturated rings. The zero-order valence-electron chi connectivity index (χ0n) is 14.4. The molecular formula is C21H17ClN4S. The van der Waals surface area contributed by atoms with Gasteiger partial charge >= 0.3 is 0 Å². The van der Waals surface area contributed by atoms with Gasteiger partial charge in [0.2, 0.25) is 0 Å². The number of anilines is 1. The predicted molar refractivity (Wildman–Crippen MR) is 117 cm³/mol. The number of allylic oxidation sites excluding steroid dienone is 1. The van der Waals surface area contributed by atoms with E-state index in [1.54, 1.807) is 30.5 Å². The number of benzene rings is 2. The molecule has 0 saturated heterocycles. The van der Waals surface area contributed by atoms with Crippen molar-refractivity contribution >= 4 is 45.9 Å². The van der Waals surface area contributed by atoms with Gasteiger partial charge in [-0.1, -0.05) is 54.6 Å². The fraction of sp³-hybridized carbons (Fsp3) is 0. The van der Waals surface area contributed by atoms with Gasteiger partial charge in [0, 0.05) is 16.8 Å². The molecule has 6 heteroatoms. The molecule has 0 amide bonds. The third-order valence-corrected chi connectivity index (χ3v) is 4.22. The van der Waals surface area contributed by atoms with Crippen molar-refractivity contribution in [1.29, 1.82) is 0 Å². The van der Waals surface area contributed by atoms with Crippen LogP contribution in [0.1, 0.15) is 11.3 Å². The minimum atomic E-state index is 0.103. The molecule has 27 heavy (non-hydrogen) atoms. The predicted octanol–water partition coefficient (Wildman–Crippen LogP) is 4.90. The van der Waals surface area contributed by atoms with Gasteiger partial charge in [0.25, 0.3) is 0 Å². The van der Waals surface area contributed by atoms with Gasteiger partial charge < -0.3 is 5.73 Å². The highest BCUT2D eigenvalue weighted by molar-refractivity contribution is 7.80. The van der Waals surface area contributed by atoms with Gasteiger partial charge in [-0.3, -0.25) is 4.98 Å². The first-order chi connectivity index (χ1) is 13.1. The Morgan fingerprint density at radius 2 is 1.67 bits per heavy atom. The molecule has 2 N–H and O–H groups in total. The van der Waals surface area contributed by atoms with Crippen molar-refractivity contribution in [3.63, 3.8) is 0 Å². The van der Waals surface area contributed by atoms with Gasteiger partial charge in [-0.25, -0.2) is 5.01 Å². The summed E-state index contributed by atoms with van der Waals surface area (Å²) in [6, 6.07) is 22.5. The van der Waals surface area contributed by atoms with Crippen molar-refractivity contribution < 1.29 is 0 Å². The lowest BCUT2D eigenvalue weighted by Crippen LogP contribution is -2.32. The highest BCUT2D eigenvalue weighted by atomic mass is 35.5. The van der Waals surface area contributed by atoms with E-state index in [1.165, 1.54) is 5.01 Å². The maximum atomic E-state index is 5.99. The van der Waals surface area contributed by atoms with Crippen molar-refractivity contribution in [2.24, 2.45) is 10.8 Å². The fourth-order valence-electron chi connectivity index (χ4n) is 2.46. The van der Waals surface area contributed by atoms with Crippen molar-refractivity contribution in [3.05, 3.63) is 102 Å². The summed E-state index contributed by atoms with van der Waals surface area (Å²) in [7, 11) is 0. The molecule has 2 aromatic carbocycles. The van der Waals surface area contributed by atoms with Gasteiger partial charge in [0.15, 0.2) is 5.11 Å². The molecule has 0 spiro atoms. The second kappa shape index (κ2) is 8.58. The van der Waals surface area contributed by atoms with Crippen molar-refractivity contribution in [2.75, 3.05) is 5.01 Å². The summed E-state index contributed by atoms with van der Waals surface area (Å²) in [5.74, 6) is 0. The van der Waals surface area contributed by atoms with Gasteiger partial charge in [-0.2, -0.15) is 5.10 Å². The molecule has 3 rings (SSSR count). The van der Waals surface area contributed by atoms with Crippen LogP contribution in [0.5, 0.6) is 0 Å². The molecule has 0 unspecified atom stereocenters. The Labute approximate surface area is 168 Å². The monoisotopic (exact) mass is 392 g/mol. The first kappa shape index (κ1) is 18.8. The maximum Gasteiger partial charge on any atom is 0.191 e. The lowest BCUT2D eigenvalue weighted by atomic mass is 10.0. The van der Waals surface area contributed by atoms with E-state index in [4.69, 9.17) is 34.7 Å². The van der Waals surface area contributed by atoms with Crippen LogP contribution >= 0.6 is 23.8 Å². The summed E-state index contributed by atoms with van der Waals surface area (Å²) < 4.78 is 0. The van der Waals surface area contributed by atoms with Crippen LogP contribution < -0.4 is 10.7 Å². The lowest BCUT2D eigenvalue weighted by Gasteiger charge is -2.20. The Hall–Kier alpha value is -3.02. The molecule has 4 nitrogen and oxygen atoms in total.